The number of hydrogen-bond donors (Lipinski definition) is 3. The van der Waals surface area contributed by atoms with Gasteiger partial charge in [0.05, 0.1) is 6.20 Å². The highest BCUT2D eigenvalue weighted by Crippen LogP contribution is 2.25. The molecule has 0 bridgehead atoms. The first-order valence-corrected chi connectivity index (χ1v) is 9.30. The lowest BCUT2D eigenvalue weighted by molar-refractivity contribution is 0.275. The highest BCUT2D eigenvalue weighted by atomic mass is 32.1. The van der Waals surface area contributed by atoms with Crippen LogP contribution in [0.1, 0.15) is 31.7 Å². The number of hydrogen-bond acceptors (Lipinski definition) is 6. The van der Waals surface area contributed by atoms with Crippen molar-refractivity contribution < 1.29 is 9.84 Å². The smallest absolute Gasteiger partial charge is 0.222 e. The van der Waals surface area contributed by atoms with E-state index in [0.29, 0.717) is 24.6 Å². The summed E-state index contributed by atoms with van der Waals surface area (Å²) in [5, 5.41) is 15.0. The van der Waals surface area contributed by atoms with E-state index in [-0.39, 0.29) is 32.1 Å². The third-order valence-electron chi connectivity index (χ3n) is 4.44. The van der Waals surface area contributed by atoms with Gasteiger partial charge >= 0.3 is 0 Å². The van der Waals surface area contributed by atoms with E-state index in [9.17, 15) is 5.11 Å². The van der Waals surface area contributed by atoms with Crippen LogP contribution in [0, 0.1) is 0 Å². The first-order valence-electron chi connectivity index (χ1n) is 9.30. The average Bonchev–Trinajstić information content (AvgIpc) is 2.67. The van der Waals surface area contributed by atoms with Gasteiger partial charge in [-0.05, 0) is 35.2 Å². The topological polar surface area (TPSA) is 93.3 Å². The van der Waals surface area contributed by atoms with Gasteiger partial charge in [0.2, 0.25) is 5.95 Å². The number of aromatic nitrogens is 2. The van der Waals surface area contributed by atoms with Gasteiger partial charge in [-0.1, -0.05) is 49.7 Å². The number of ether oxygens (including phenoxy) is 1. The zero-order valence-corrected chi connectivity index (χ0v) is 17.1. The predicted octanol–water partition coefficient (Wildman–Crippen LogP) is 3.87. The molecule has 3 aromatic rings. The van der Waals surface area contributed by atoms with Crippen LogP contribution < -0.4 is 15.8 Å². The van der Waals surface area contributed by atoms with Crippen LogP contribution in [-0.2, 0) is 6.61 Å². The highest BCUT2D eigenvalue weighted by molar-refractivity contribution is 7.59. The number of fused-ring (bicyclic) bond motifs is 1. The van der Waals surface area contributed by atoms with Gasteiger partial charge in [0, 0.05) is 12.6 Å². The molecule has 0 aliphatic rings. The molecule has 2 aromatic carbocycles. The summed E-state index contributed by atoms with van der Waals surface area (Å²) in [4.78, 5) is 8.34. The zero-order valence-electron chi connectivity index (χ0n) is 16.1. The minimum Gasteiger partial charge on any atom is -0.483 e. The normalized spacial score (nSPS) is 11.6. The molecule has 0 saturated heterocycles. The van der Waals surface area contributed by atoms with Crippen molar-refractivity contribution in [2.24, 2.45) is 0 Å². The van der Waals surface area contributed by atoms with E-state index in [1.54, 1.807) is 6.20 Å². The molecule has 0 unspecified atom stereocenters. The second-order valence-electron chi connectivity index (χ2n) is 6.55. The first-order chi connectivity index (χ1) is 13.2. The van der Waals surface area contributed by atoms with Crippen molar-refractivity contribution in [1.29, 1.82) is 0 Å². The number of nitrogen functional groups attached to an aromatic ring is 1. The Bertz CT molecular complexity index is 885. The summed E-state index contributed by atoms with van der Waals surface area (Å²) in [6.07, 6.45) is 4.16. The van der Waals surface area contributed by atoms with Crippen LogP contribution in [0.2, 0.25) is 0 Å². The molecule has 1 atom stereocenters. The van der Waals surface area contributed by atoms with Gasteiger partial charge in [0.15, 0.2) is 11.6 Å². The molecule has 0 aliphatic carbocycles. The second-order valence-corrected chi connectivity index (χ2v) is 6.55. The average molecular weight is 401 g/mol. The molecule has 0 spiro atoms. The van der Waals surface area contributed by atoms with Gasteiger partial charge in [-0.25, -0.2) is 4.98 Å². The molecule has 1 aromatic heterocycles. The van der Waals surface area contributed by atoms with Crippen LogP contribution >= 0.6 is 13.5 Å². The Hall–Kier alpha value is -2.51. The number of nitrogens with one attached hydrogen (secondary N) is 1. The lowest BCUT2D eigenvalue weighted by Gasteiger charge is -2.20. The van der Waals surface area contributed by atoms with Crippen LogP contribution in [0.5, 0.6) is 5.75 Å². The third-order valence-corrected chi connectivity index (χ3v) is 4.44. The molecule has 150 valence electrons. The summed E-state index contributed by atoms with van der Waals surface area (Å²) in [5.41, 5.74) is 6.82. The van der Waals surface area contributed by atoms with Gasteiger partial charge in [0.1, 0.15) is 6.61 Å². The highest BCUT2D eigenvalue weighted by Gasteiger charge is 2.13. The minimum atomic E-state index is 0. The molecule has 28 heavy (non-hydrogen) atoms. The van der Waals surface area contributed by atoms with Gasteiger partial charge in [0.25, 0.3) is 0 Å². The largest absolute Gasteiger partial charge is 0.483 e. The molecule has 3 rings (SSSR count). The summed E-state index contributed by atoms with van der Waals surface area (Å²) in [5.74, 6) is 1.31. The molecule has 1 heterocycles. The maximum absolute atomic E-state index is 9.28. The molecule has 0 amide bonds. The number of nitrogens with zero attached hydrogens (tertiary/aromatic N) is 2. The van der Waals surface area contributed by atoms with E-state index >= 15 is 0 Å². The first kappa shape index (κ1) is 21.8. The maximum atomic E-state index is 9.28. The van der Waals surface area contributed by atoms with Gasteiger partial charge < -0.3 is 20.9 Å². The fourth-order valence-corrected chi connectivity index (χ4v) is 3.07. The molecule has 6 nitrogen and oxygen atoms in total. The molecule has 0 aliphatic heterocycles. The van der Waals surface area contributed by atoms with Crippen molar-refractivity contribution in [2.45, 2.75) is 38.8 Å². The maximum Gasteiger partial charge on any atom is 0.222 e. The predicted molar refractivity (Wildman–Crippen MR) is 119 cm³/mol. The van der Waals surface area contributed by atoms with E-state index in [0.717, 1.165) is 18.4 Å². The van der Waals surface area contributed by atoms with E-state index in [4.69, 9.17) is 10.5 Å². The van der Waals surface area contributed by atoms with Crippen molar-refractivity contribution in [1.82, 2.24) is 9.97 Å². The Morgan fingerprint density at radius 3 is 2.68 bits per heavy atom. The van der Waals surface area contributed by atoms with Crippen LogP contribution in [0.25, 0.3) is 10.8 Å². The van der Waals surface area contributed by atoms with Crippen molar-refractivity contribution >= 4 is 36.0 Å². The van der Waals surface area contributed by atoms with E-state index in [1.807, 2.05) is 12.1 Å². The monoisotopic (exact) mass is 400 g/mol. The standard InChI is InChI=1S/C21H26N4O2.H2S/c1-2-5-18(10-11-26)24-20-19(13-23-21(22)25-20)27-14-15-8-9-16-6-3-4-7-17(16)12-15;/h3-4,6-9,12-13,18,26H,2,5,10-11,14H2,1H3,(H3,22,23,24,25);1H2/t18-;/m0./s1. The molecular weight excluding hydrogens is 372 g/mol. The van der Waals surface area contributed by atoms with Crippen molar-refractivity contribution in [3.63, 3.8) is 0 Å². The second kappa shape index (κ2) is 10.7. The number of anilines is 2. The molecular formula is C21H28N4O2S. The SMILES string of the molecule is CCC[C@@H](CCO)Nc1nc(N)ncc1OCc1ccc2ccccc2c1.S. The Kier molecular flexibility index (Phi) is 8.35. The number of nitrogens with two attached hydrogens (primary N) is 1. The number of benzene rings is 2. The van der Waals surface area contributed by atoms with E-state index in [1.165, 1.54) is 10.8 Å². The van der Waals surface area contributed by atoms with Gasteiger partial charge in [-0.3, -0.25) is 0 Å². The summed E-state index contributed by atoms with van der Waals surface area (Å²) < 4.78 is 5.98. The van der Waals surface area contributed by atoms with Crippen molar-refractivity contribution in [2.75, 3.05) is 17.7 Å². The molecule has 4 N–H and O–H groups in total. The van der Waals surface area contributed by atoms with Crippen LogP contribution in [0.15, 0.2) is 48.7 Å². The summed E-state index contributed by atoms with van der Waals surface area (Å²) in [6.45, 7) is 2.63. The van der Waals surface area contributed by atoms with Gasteiger partial charge in [-0.2, -0.15) is 18.5 Å². The fourth-order valence-electron chi connectivity index (χ4n) is 3.07. The number of aliphatic hydroxyl groups excluding tert-OH is 1. The van der Waals surface area contributed by atoms with Gasteiger partial charge in [-0.15, -0.1) is 0 Å². The van der Waals surface area contributed by atoms with Crippen LogP contribution in [0.4, 0.5) is 11.8 Å². The summed E-state index contributed by atoms with van der Waals surface area (Å²) in [6, 6.07) is 14.6. The molecule has 7 heteroatoms. The third kappa shape index (κ3) is 5.74. The molecule has 0 radical (unpaired) electrons. The van der Waals surface area contributed by atoms with E-state index in [2.05, 4.69) is 52.5 Å². The Morgan fingerprint density at radius 2 is 1.93 bits per heavy atom. The summed E-state index contributed by atoms with van der Waals surface area (Å²) >= 11 is 0. The minimum absolute atomic E-state index is 0. The number of aliphatic hydroxyl groups is 1. The zero-order chi connectivity index (χ0) is 19.1. The fraction of sp³-hybridized carbons (Fsp3) is 0.333. The quantitative estimate of drug-likeness (QED) is 0.505. The molecule has 0 fully saturated rings. The lowest BCUT2D eigenvalue weighted by Crippen LogP contribution is -2.22. The lowest BCUT2D eigenvalue weighted by atomic mass is 10.1. The Labute approximate surface area is 172 Å². The van der Waals surface area contributed by atoms with Crippen LogP contribution in [0.3, 0.4) is 0 Å². The Balaban J connectivity index is 0.00000280. The summed E-state index contributed by atoms with van der Waals surface area (Å²) in [7, 11) is 0. The van der Waals surface area contributed by atoms with Crippen molar-refractivity contribution in [3.05, 3.63) is 54.2 Å². The Morgan fingerprint density at radius 1 is 1.14 bits per heavy atom. The number of rotatable bonds is 9. The molecule has 0 saturated carbocycles. The van der Waals surface area contributed by atoms with Crippen molar-refractivity contribution in [3.8, 4) is 5.75 Å². The van der Waals surface area contributed by atoms with E-state index < -0.39 is 0 Å². The van der Waals surface area contributed by atoms with Crippen LogP contribution in [-0.4, -0.2) is 27.7 Å².